The number of anilines is 2. The average Bonchev–Trinajstić information content (AvgIpc) is 2.62. The highest BCUT2D eigenvalue weighted by molar-refractivity contribution is 6.06. The van der Waals surface area contributed by atoms with Gasteiger partial charge in [-0.15, -0.1) is 0 Å². The summed E-state index contributed by atoms with van der Waals surface area (Å²) in [5.41, 5.74) is 1.54. The highest BCUT2D eigenvalue weighted by atomic mass is 16.5. The predicted octanol–water partition coefficient (Wildman–Crippen LogP) is 4.75. The lowest BCUT2D eigenvalue weighted by molar-refractivity contribution is 0.0378. The minimum absolute atomic E-state index is 0.126. The molecule has 27 heavy (non-hydrogen) atoms. The molecule has 0 aliphatic heterocycles. The van der Waals surface area contributed by atoms with Crippen molar-refractivity contribution in [1.29, 1.82) is 0 Å². The highest BCUT2D eigenvalue weighted by Crippen LogP contribution is 2.27. The quantitative estimate of drug-likeness (QED) is 0.583. The van der Waals surface area contributed by atoms with Gasteiger partial charge in [0, 0.05) is 11.1 Å². The van der Waals surface area contributed by atoms with Crippen molar-refractivity contribution in [3.05, 3.63) is 66.2 Å². The van der Waals surface area contributed by atoms with Crippen LogP contribution in [0.5, 0.6) is 5.75 Å². The van der Waals surface area contributed by atoms with E-state index in [1.165, 1.54) is 0 Å². The molecule has 2 amide bonds. The summed E-state index contributed by atoms with van der Waals surface area (Å²) in [5.74, 6) is -0.280. The Morgan fingerprint density at radius 2 is 1.70 bits per heavy atom. The molecule has 0 unspecified atom stereocenters. The van der Waals surface area contributed by atoms with E-state index in [1.54, 1.807) is 62.4 Å². The molecule has 0 aromatic heterocycles. The van der Waals surface area contributed by atoms with Crippen LogP contribution in [0.25, 0.3) is 10.8 Å². The zero-order valence-corrected chi connectivity index (χ0v) is 15.0. The Morgan fingerprint density at radius 1 is 0.963 bits per heavy atom. The summed E-state index contributed by atoms with van der Waals surface area (Å²) in [4.78, 5) is 24.1. The van der Waals surface area contributed by atoms with Gasteiger partial charge in [0.05, 0.1) is 17.4 Å². The maximum absolute atomic E-state index is 12.3. The van der Waals surface area contributed by atoms with Crippen molar-refractivity contribution in [3.63, 3.8) is 0 Å². The van der Waals surface area contributed by atoms with E-state index in [0.29, 0.717) is 16.9 Å². The lowest BCUT2D eigenvalue weighted by atomic mass is 10.1. The van der Waals surface area contributed by atoms with Gasteiger partial charge in [-0.05, 0) is 61.7 Å². The maximum Gasteiger partial charge on any atom is 0.338 e. The van der Waals surface area contributed by atoms with Gasteiger partial charge >= 0.3 is 12.0 Å². The number of benzene rings is 3. The van der Waals surface area contributed by atoms with Gasteiger partial charge < -0.3 is 20.5 Å². The van der Waals surface area contributed by atoms with Gasteiger partial charge in [-0.25, -0.2) is 9.59 Å². The van der Waals surface area contributed by atoms with Gasteiger partial charge in [-0.1, -0.05) is 18.2 Å². The molecule has 138 valence electrons. The number of urea groups is 1. The second-order valence-corrected chi connectivity index (χ2v) is 6.32. The van der Waals surface area contributed by atoms with Crippen LogP contribution in [0.4, 0.5) is 16.2 Å². The first-order chi connectivity index (χ1) is 12.9. The number of aromatic hydroxyl groups is 1. The van der Waals surface area contributed by atoms with E-state index in [1.807, 2.05) is 12.1 Å². The van der Waals surface area contributed by atoms with Crippen LogP contribution in [0.3, 0.4) is 0 Å². The van der Waals surface area contributed by atoms with Crippen LogP contribution in [-0.4, -0.2) is 23.2 Å². The summed E-state index contributed by atoms with van der Waals surface area (Å²) >= 11 is 0. The molecule has 0 saturated carbocycles. The van der Waals surface area contributed by atoms with Crippen LogP contribution in [-0.2, 0) is 4.74 Å². The third kappa shape index (κ3) is 4.55. The fraction of sp³-hybridized carbons (Fsp3) is 0.143. The van der Waals surface area contributed by atoms with Gasteiger partial charge in [-0.3, -0.25) is 0 Å². The van der Waals surface area contributed by atoms with Gasteiger partial charge in [-0.2, -0.15) is 0 Å². The normalized spacial score (nSPS) is 10.6. The topological polar surface area (TPSA) is 87.7 Å². The molecule has 3 N–H and O–H groups in total. The standard InChI is InChI=1S/C21H20N2O4/c1-13(2)27-20(25)15-6-9-16(10-7-15)22-21(26)23-19-5-3-4-14-8-11-17(24)12-18(14)19/h3-13,24H,1-2H3,(H2,22,23,26). The molecule has 0 fully saturated rings. The summed E-state index contributed by atoms with van der Waals surface area (Å²) in [6.07, 6.45) is -0.193. The molecule has 3 aromatic carbocycles. The molecule has 0 atom stereocenters. The van der Waals surface area contributed by atoms with Crippen molar-refractivity contribution in [1.82, 2.24) is 0 Å². The molecule has 0 saturated heterocycles. The SMILES string of the molecule is CC(C)OC(=O)c1ccc(NC(=O)Nc2cccc3ccc(O)cc23)cc1. The summed E-state index contributed by atoms with van der Waals surface area (Å²) in [5, 5.41) is 16.8. The van der Waals surface area contributed by atoms with Crippen LogP contribution in [0, 0.1) is 0 Å². The number of ether oxygens (including phenoxy) is 1. The largest absolute Gasteiger partial charge is 0.508 e. The third-order valence-electron chi connectivity index (χ3n) is 3.84. The fourth-order valence-electron chi connectivity index (χ4n) is 2.63. The van der Waals surface area contributed by atoms with Gasteiger partial charge in [0.1, 0.15) is 5.75 Å². The van der Waals surface area contributed by atoms with Crippen LogP contribution in [0.15, 0.2) is 60.7 Å². The van der Waals surface area contributed by atoms with E-state index in [9.17, 15) is 14.7 Å². The van der Waals surface area contributed by atoms with Crippen LogP contribution >= 0.6 is 0 Å². The number of phenolic OH excluding ortho intramolecular Hbond substituents is 1. The molecule has 6 nitrogen and oxygen atoms in total. The Balaban J connectivity index is 1.70. The molecule has 0 aliphatic carbocycles. The summed E-state index contributed by atoms with van der Waals surface area (Å²) in [6.45, 7) is 3.57. The minimum atomic E-state index is -0.427. The van der Waals surface area contributed by atoms with Gasteiger partial charge in [0.2, 0.25) is 0 Å². The van der Waals surface area contributed by atoms with Gasteiger partial charge in [0.15, 0.2) is 0 Å². The first kappa shape index (κ1) is 18.3. The molecular weight excluding hydrogens is 344 g/mol. The van der Waals surface area contributed by atoms with Gasteiger partial charge in [0.25, 0.3) is 0 Å². The van der Waals surface area contributed by atoms with Crippen LogP contribution in [0.2, 0.25) is 0 Å². The van der Waals surface area contributed by atoms with E-state index in [0.717, 1.165) is 10.8 Å². The lowest BCUT2D eigenvalue weighted by Gasteiger charge is -2.11. The number of nitrogens with one attached hydrogen (secondary N) is 2. The van der Waals surface area contributed by atoms with Crippen molar-refractivity contribution in [3.8, 4) is 5.75 Å². The lowest BCUT2D eigenvalue weighted by Crippen LogP contribution is -2.19. The Labute approximate surface area is 156 Å². The Kier molecular flexibility index (Phi) is 5.26. The number of carbonyl (C=O) groups is 2. The summed E-state index contributed by atoms with van der Waals surface area (Å²) in [6, 6.07) is 16.5. The Hall–Kier alpha value is -3.54. The molecular formula is C21H20N2O4. The first-order valence-corrected chi connectivity index (χ1v) is 8.53. The second kappa shape index (κ2) is 7.78. The zero-order valence-electron chi connectivity index (χ0n) is 15.0. The number of hydrogen-bond acceptors (Lipinski definition) is 4. The molecule has 0 spiro atoms. The van der Waals surface area contributed by atoms with Crippen LogP contribution < -0.4 is 10.6 Å². The van der Waals surface area contributed by atoms with Crippen molar-refractivity contribution in [2.45, 2.75) is 20.0 Å². The number of carbonyl (C=O) groups excluding carboxylic acids is 2. The van der Waals surface area contributed by atoms with E-state index >= 15 is 0 Å². The zero-order chi connectivity index (χ0) is 19.4. The van der Waals surface area contributed by atoms with E-state index in [4.69, 9.17) is 4.74 Å². The number of fused-ring (bicyclic) bond motifs is 1. The van der Waals surface area contributed by atoms with Crippen molar-refractivity contribution in [2.24, 2.45) is 0 Å². The molecule has 0 heterocycles. The maximum atomic E-state index is 12.3. The van der Waals surface area contributed by atoms with Crippen molar-refractivity contribution in [2.75, 3.05) is 10.6 Å². The monoisotopic (exact) mass is 364 g/mol. The molecule has 3 rings (SSSR count). The Bertz CT molecular complexity index is 981. The van der Waals surface area contributed by atoms with E-state index < -0.39 is 12.0 Å². The van der Waals surface area contributed by atoms with Crippen LogP contribution in [0.1, 0.15) is 24.2 Å². The van der Waals surface area contributed by atoms with E-state index in [-0.39, 0.29) is 11.9 Å². The predicted molar refractivity (Wildman–Crippen MR) is 105 cm³/mol. The number of phenols is 1. The first-order valence-electron chi connectivity index (χ1n) is 8.53. The Morgan fingerprint density at radius 3 is 2.41 bits per heavy atom. The highest BCUT2D eigenvalue weighted by Gasteiger charge is 2.10. The molecule has 0 radical (unpaired) electrons. The fourth-order valence-corrected chi connectivity index (χ4v) is 2.63. The number of amides is 2. The summed E-state index contributed by atoms with van der Waals surface area (Å²) in [7, 11) is 0. The summed E-state index contributed by atoms with van der Waals surface area (Å²) < 4.78 is 5.13. The van der Waals surface area contributed by atoms with Crippen molar-refractivity contribution >= 4 is 34.1 Å². The number of hydrogen-bond donors (Lipinski definition) is 3. The van der Waals surface area contributed by atoms with E-state index in [2.05, 4.69) is 10.6 Å². The molecule has 0 bridgehead atoms. The second-order valence-electron chi connectivity index (χ2n) is 6.32. The van der Waals surface area contributed by atoms with Crippen molar-refractivity contribution < 1.29 is 19.4 Å². The molecule has 6 heteroatoms. The molecule has 3 aromatic rings. The number of rotatable bonds is 4. The molecule has 0 aliphatic rings. The number of esters is 1. The third-order valence-corrected chi connectivity index (χ3v) is 3.84. The smallest absolute Gasteiger partial charge is 0.338 e. The minimum Gasteiger partial charge on any atom is -0.508 e. The average molecular weight is 364 g/mol.